The highest BCUT2D eigenvalue weighted by molar-refractivity contribution is 5.99. The van der Waals surface area contributed by atoms with Crippen LogP contribution in [0.5, 0.6) is 0 Å². The Labute approximate surface area is 94.8 Å². The topological polar surface area (TPSA) is 55.1 Å². The fourth-order valence-electron chi connectivity index (χ4n) is 1.31. The molecule has 0 aliphatic rings. The number of anilines is 1. The van der Waals surface area contributed by atoms with Crippen LogP contribution in [0, 0.1) is 11.7 Å². The maximum absolute atomic E-state index is 12.8. The van der Waals surface area contributed by atoms with Crippen LogP contribution in [0.15, 0.2) is 18.2 Å². The van der Waals surface area contributed by atoms with Gasteiger partial charge in [0.2, 0.25) is 0 Å². The number of hydrogen-bond acceptors (Lipinski definition) is 2. The Kier molecular flexibility index (Phi) is 4.28. The van der Waals surface area contributed by atoms with Crippen LogP contribution in [0.1, 0.15) is 30.6 Å². The Balaban J connectivity index is 2.59. The van der Waals surface area contributed by atoms with Gasteiger partial charge in [-0.05, 0) is 30.5 Å². The van der Waals surface area contributed by atoms with Crippen LogP contribution in [0.3, 0.4) is 0 Å². The predicted molar refractivity (Wildman–Crippen MR) is 62.6 cm³/mol. The van der Waals surface area contributed by atoms with E-state index in [1.165, 1.54) is 12.1 Å². The molecule has 0 saturated heterocycles. The molecule has 0 radical (unpaired) electrons. The molecule has 0 aromatic heterocycles. The molecule has 0 heterocycles. The van der Waals surface area contributed by atoms with Gasteiger partial charge in [-0.15, -0.1) is 0 Å². The highest BCUT2D eigenvalue weighted by atomic mass is 19.1. The predicted octanol–water partition coefficient (Wildman–Crippen LogP) is 2.18. The van der Waals surface area contributed by atoms with Crippen molar-refractivity contribution in [1.29, 1.82) is 0 Å². The minimum Gasteiger partial charge on any atom is -0.398 e. The minimum absolute atomic E-state index is 0.169. The molecule has 16 heavy (non-hydrogen) atoms. The van der Waals surface area contributed by atoms with E-state index in [9.17, 15) is 9.18 Å². The number of nitrogens with one attached hydrogen (secondary N) is 1. The van der Waals surface area contributed by atoms with E-state index < -0.39 is 5.82 Å². The van der Waals surface area contributed by atoms with Crippen LogP contribution < -0.4 is 11.1 Å². The first-order valence-electron chi connectivity index (χ1n) is 5.34. The second-order valence-corrected chi connectivity index (χ2v) is 4.17. The summed E-state index contributed by atoms with van der Waals surface area (Å²) < 4.78 is 12.8. The maximum atomic E-state index is 12.8. The normalized spacial score (nSPS) is 10.5. The number of rotatable bonds is 4. The number of halogens is 1. The molecule has 1 aromatic carbocycles. The Hall–Kier alpha value is -1.58. The van der Waals surface area contributed by atoms with E-state index in [1.807, 2.05) is 0 Å². The lowest BCUT2D eigenvalue weighted by atomic mass is 10.1. The molecule has 3 N–H and O–H groups in total. The van der Waals surface area contributed by atoms with Crippen molar-refractivity contribution in [3.63, 3.8) is 0 Å². The SMILES string of the molecule is CC(C)CCNC(=O)c1ccc(F)cc1N. The van der Waals surface area contributed by atoms with Crippen LogP contribution in [-0.2, 0) is 0 Å². The summed E-state index contributed by atoms with van der Waals surface area (Å²) in [5.74, 6) is -0.153. The third-order valence-corrected chi connectivity index (χ3v) is 2.27. The summed E-state index contributed by atoms with van der Waals surface area (Å²) in [6.45, 7) is 4.77. The van der Waals surface area contributed by atoms with Crippen molar-refractivity contribution in [2.24, 2.45) is 5.92 Å². The van der Waals surface area contributed by atoms with Gasteiger partial charge < -0.3 is 11.1 Å². The number of nitrogens with two attached hydrogens (primary N) is 1. The van der Waals surface area contributed by atoms with Crippen LogP contribution in [0.25, 0.3) is 0 Å². The lowest BCUT2D eigenvalue weighted by molar-refractivity contribution is 0.0953. The van der Waals surface area contributed by atoms with Crippen LogP contribution in [0.2, 0.25) is 0 Å². The van der Waals surface area contributed by atoms with Crippen molar-refractivity contribution in [3.8, 4) is 0 Å². The summed E-state index contributed by atoms with van der Waals surface area (Å²) in [5.41, 5.74) is 6.05. The van der Waals surface area contributed by atoms with Gasteiger partial charge in [-0.2, -0.15) is 0 Å². The molecule has 0 atom stereocenters. The van der Waals surface area contributed by atoms with E-state index in [4.69, 9.17) is 5.73 Å². The smallest absolute Gasteiger partial charge is 0.253 e. The molecule has 1 amide bonds. The van der Waals surface area contributed by atoms with Gasteiger partial charge >= 0.3 is 0 Å². The number of amides is 1. The lowest BCUT2D eigenvalue weighted by Crippen LogP contribution is -2.26. The second kappa shape index (κ2) is 5.49. The summed E-state index contributed by atoms with van der Waals surface area (Å²) in [6.07, 6.45) is 0.910. The van der Waals surface area contributed by atoms with Gasteiger partial charge in [0.05, 0.1) is 5.56 Å². The summed E-state index contributed by atoms with van der Waals surface area (Å²) >= 11 is 0. The number of nitrogen functional groups attached to an aromatic ring is 1. The first-order valence-corrected chi connectivity index (χ1v) is 5.34. The molecule has 0 unspecified atom stereocenters. The summed E-state index contributed by atoms with van der Waals surface area (Å²) in [4.78, 5) is 11.6. The van der Waals surface area contributed by atoms with Crippen molar-refractivity contribution >= 4 is 11.6 Å². The standard InChI is InChI=1S/C12H17FN2O/c1-8(2)5-6-15-12(16)10-4-3-9(13)7-11(10)14/h3-4,7-8H,5-6,14H2,1-2H3,(H,15,16). The average Bonchev–Trinajstić information content (AvgIpc) is 2.16. The molecule has 0 bridgehead atoms. The molecule has 1 aromatic rings. The number of carbonyl (C=O) groups excluding carboxylic acids is 1. The first kappa shape index (κ1) is 12.5. The van der Waals surface area contributed by atoms with Gasteiger partial charge in [0.1, 0.15) is 5.82 Å². The van der Waals surface area contributed by atoms with Crippen LogP contribution >= 0.6 is 0 Å². The van der Waals surface area contributed by atoms with Crippen molar-refractivity contribution in [2.45, 2.75) is 20.3 Å². The fourth-order valence-corrected chi connectivity index (χ4v) is 1.31. The molecule has 0 aliphatic carbocycles. The van der Waals surface area contributed by atoms with Gasteiger partial charge in [-0.25, -0.2) is 4.39 Å². The Morgan fingerprint density at radius 2 is 2.19 bits per heavy atom. The third kappa shape index (κ3) is 3.53. The maximum Gasteiger partial charge on any atom is 0.253 e. The van der Waals surface area contributed by atoms with Crippen molar-refractivity contribution in [1.82, 2.24) is 5.32 Å². The van der Waals surface area contributed by atoms with E-state index >= 15 is 0 Å². The molecular weight excluding hydrogens is 207 g/mol. The van der Waals surface area contributed by atoms with E-state index in [1.54, 1.807) is 0 Å². The van der Waals surface area contributed by atoms with Crippen LogP contribution in [-0.4, -0.2) is 12.5 Å². The van der Waals surface area contributed by atoms with E-state index in [2.05, 4.69) is 19.2 Å². The molecule has 4 heteroatoms. The monoisotopic (exact) mass is 224 g/mol. The largest absolute Gasteiger partial charge is 0.398 e. The van der Waals surface area contributed by atoms with E-state index in [0.717, 1.165) is 12.5 Å². The summed E-state index contributed by atoms with van der Waals surface area (Å²) in [6, 6.07) is 3.78. The highest BCUT2D eigenvalue weighted by Gasteiger charge is 2.09. The van der Waals surface area contributed by atoms with E-state index in [0.29, 0.717) is 18.0 Å². The molecule has 0 fully saturated rings. The number of hydrogen-bond donors (Lipinski definition) is 2. The van der Waals surface area contributed by atoms with Gasteiger partial charge in [0.25, 0.3) is 5.91 Å². The highest BCUT2D eigenvalue weighted by Crippen LogP contribution is 2.13. The van der Waals surface area contributed by atoms with Crippen molar-refractivity contribution in [2.75, 3.05) is 12.3 Å². The quantitative estimate of drug-likeness (QED) is 0.770. The number of carbonyl (C=O) groups is 1. The molecular formula is C12H17FN2O. The van der Waals surface area contributed by atoms with Gasteiger partial charge in [0.15, 0.2) is 0 Å². The zero-order chi connectivity index (χ0) is 12.1. The zero-order valence-electron chi connectivity index (χ0n) is 9.59. The first-order chi connectivity index (χ1) is 7.50. The van der Waals surface area contributed by atoms with Gasteiger partial charge in [-0.3, -0.25) is 4.79 Å². The van der Waals surface area contributed by atoms with Crippen molar-refractivity contribution in [3.05, 3.63) is 29.6 Å². The number of benzene rings is 1. The average molecular weight is 224 g/mol. The summed E-state index contributed by atoms with van der Waals surface area (Å²) in [5, 5.41) is 2.75. The lowest BCUT2D eigenvalue weighted by Gasteiger charge is -2.08. The van der Waals surface area contributed by atoms with Crippen LogP contribution in [0.4, 0.5) is 10.1 Å². The third-order valence-electron chi connectivity index (χ3n) is 2.27. The Morgan fingerprint density at radius 1 is 1.50 bits per heavy atom. The summed E-state index contributed by atoms with van der Waals surface area (Å²) in [7, 11) is 0. The van der Waals surface area contributed by atoms with Gasteiger partial charge in [0, 0.05) is 12.2 Å². The molecule has 1 rings (SSSR count). The zero-order valence-corrected chi connectivity index (χ0v) is 9.59. The molecule has 3 nitrogen and oxygen atoms in total. The van der Waals surface area contributed by atoms with Gasteiger partial charge in [-0.1, -0.05) is 13.8 Å². The Morgan fingerprint density at radius 3 is 2.75 bits per heavy atom. The van der Waals surface area contributed by atoms with Crippen molar-refractivity contribution < 1.29 is 9.18 Å². The molecule has 0 saturated carbocycles. The molecule has 88 valence electrons. The fraction of sp³-hybridized carbons (Fsp3) is 0.417. The molecule has 0 aliphatic heterocycles. The second-order valence-electron chi connectivity index (χ2n) is 4.17. The van der Waals surface area contributed by atoms with E-state index in [-0.39, 0.29) is 11.6 Å². The molecule has 0 spiro atoms. The Bertz CT molecular complexity index is 377. The minimum atomic E-state index is -0.434.